The maximum absolute atomic E-state index is 12.3. The van der Waals surface area contributed by atoms with Gasteiger partial charge >= 0.3 is 5.69 Å². The second-order valence-electron chi connectivity index (χ2n) is 2.76. The molecule has 0 aliphatic heterocycles. The molecule has 0 atom stereocenters. The zero-order valence-corrected chi connectivity index (χ0v) is 7.68. The predicted molar refractivity (Wildman–Crippen MR) is 48.8 cm³/mol. The highest BCUT2D eigenvalue weighted by atomic mass is 19.3. The Balaban J connectivity index is 3.52. The Hall–Kier alpha value is -2.32. The van der Waals surface area contributed by atoms with E-state index in [1.54, 1.807) is 0 Å². The van der Waals surface area contributed by atoms with Crippen LogP contribution in [-0.4, -0.2) is 15.8 Å². The predicted octanol–water partition coefficient (Wildman–Crippen LogP) is 0.609. The van der Waals surface area contributed by atoms with Crippen molar-refractivity contribution in [1.82, 2.24) is 4.98 Å². The number of nitrogens with zero attached hydrogens (tertiary/aromatic N) is 2. The van der Waals surface area contributed by atoms with Crippen molar-refractivity contribution in [1.29, 1.82) is 0 Å². The van der Waals surface area contributed by atoms with Gasteiger partial charge in [0.2, 0.25) is 5.69 Å². The molecule has 1 aromatic heterocycles. The van der Waals surface area contributed by atoms with Gasteiger partial charge in [0.05, 0.1) is 4.92 Å². The fraction of sp³-hybridized carbons (Fsp3) is 0.143. The van der Waals surface area contributed by atoms with Gasteiger partial charge < -0.3 is 11.5 Å². The largest absolute Gasteiger partial charge is 0.393 e. The molecule has 16 heavy (non-hydrogen) atoms. The van der Waals surface area contributed by atoms with Crippen LogP contribution >= 0.6 is 0 Å². The maximum atomic E-state index is 12.3. The first kappa shape index (κ1) is 11.8. The number of hydrogen-bond acceptors (Lipinski definition) is 5. The van der Waals surface area contributed by atoms with E-state index < -0.39 is 40.0 Å². The monoisotopic (exact) mass is 232 g/mol. The van der Waals surface area contributed by atoms with Crippen molar-refractivity contribution in [2.75, 3.05) is 5.73 Å². The number of nitrogen functional groups attached to an aromatic ring is 1. The second-order valence-corrected chi connectivity index (χ2v) is 2.76. The number of anilines is 1. The number of halogens is 2. The van der Waals surface area contributed by atoms with Crippen molar-refractivity contribution in [3.8, 4) is 0 Å². The summed E-state index contributed by atoms with van der Waals surface area (Å²) in [7, 11) is 0. The van der Waals surface area contributed by atoms with Gasteiger partial charge in [-0.05, 0) is 6.07 Å². The Morgan fingerprint density at radius 3 is 2.50 bits per heavy atom. The number of hydrogen-bond donors (Lipinski definition) is 2. The molecular weight excluding hydrogens is 226 g/mol. The van der Waals surface area contributed by atoms with Crippen LogP contribution in [0.4, 0.5) is 20.2 Å². The zero-order chi connectivity index (χ0) is 12.5. The van der Waals surface area contributed by atoms with Crippen molar-refractivity contribution in [2.45, 2.75) is 6.43 Å². The molecule has 0 aliphatic rings. The lowest BCUT2D eigenvalue weighted by Crippen LogP contribution is -2.18. The molecule has 86 valence electrons. The number of alkyl halides is 2. The van der Waals surface area contributed by atoms with Crippen LogP contribution < -0.4 is 11.5 Å². The highest BCUT2D eigenvalue weighted by Gasteiger charge is 2.27. The molecule has 0 aromatic carbocycles. The van der Waals surface area contributed by atoms with E-state index in [0.29, 0.717) is 6.07 Å². The van der Waals surface area contributed by atoms with Crippen molar-refractivity contribution in [3.63, 3.8) is 0 Å². The van der Waals surface area contributed by atoms with Gasteiger partial charge in [-0.25, -0.2) is 13.8 Å². The molecule has 0 saturated heterocycles. The Morgan fingerprint density at radius 2 is 2.12 bits per heavy atom. The maximum Gasteiger partial charge on any atom is 0.323 e. The van der Waals surface area contributed by atoms with Gasteiger partial charge in [0.15, 0.2) is 0 Å². The van der Waals surface area contributed by atoms with Crippen molar-refractivity contribution >= 4 is 17.3 Å². The van der Waals surface area contributed by atoms with E-state index in [9.17, 15) is 23.7 Å². The van der Waals surface area contributed by atoms with Gasteiger partial charge in [0, 0.05) is 0 Å². The third-order valence-corrected chi connectivity index (χ3v) is 1.68. The van der Waals surface area contributed by atoms with E-state index in [0.717, 1.165) is 0 Å². The van der Waals surface area contributed by atoms with Gasteiger partial charge in [0.25, 0.3) is 12.3 Å². The number of aromatic nitrogens is 1. The highest BCUT2D eigenvalue weighted by molar-refractivity contribution is 5.97. The van der Waals surface area contributed by atoms with Crippen molar-refractivity contribution in [3.05, 3.63) is 27.6 Å². The lowest BCUT2D eigenvalue weighted by atomic mass is 10.2. The lowest BCUT2D eigenvalue weighted by Gasteiger charge is -2.04. The average Bonchev–Trinajstić information content (AvgIpc) is 2.15. The van der Waals surface area contributed by atoms with Gasteiger partial charge in [-0.15, -0.1) is 0 Å². The number of pyridine rings is 1. The van der Waals surface area contributed by atoms with Crippen LogP contribution in [0.1, 0.15) is 22.6 Å². The molecular formula is C7H6F2N4O3. The van der Waals surface area contributed by atoms with Crippen LogP contribution in [-0.2, 0) is 0 Å². The van der Waals surface area contributed by atoms with Gasteiger partial charge in [-0.3, -0.25) is 14.9 Å². The number of nitro groups is 1. The quantitative estimate of drug-likeness (QED) is 0.583. The lowest BCUT2D eigenvalue weighted by molar-refractivity contribution is -0.384. The first-order valence-electron chi connectivity index (χ1n) is 3.87. The summed E-state index contributed by atoms with van der Waals surface area (Å²) in [4.78, 5) is 23.4. The third kappa shape index (κ3) is 2.02. The topological polar surface area (TPSA) is 125 Å². The molecule has 0 spiro atoms. The molecule has 0 radical (unpaired) electrons. The van der Waals surface area contributed by atoms with Crippen LogP contribution in [0, 0.1) is 10.1 Å². The fourth-order valence-electron chi connectivity index (χ4n) is 1.05. The molecule has 1 aromatic rings. The smallest absolute Gasteiger partial charge is 0.323 e. The molecule has 0 aliphatic carbocycles. The van der Waals surface area contributed by atoms with Gasteiger partial charge in [-0.1, -0.05) is 0 Å². The summed E-state index contributed by atoms with van der Waals surface area (Å²) in [5, 5.41) is 10.5. The molecule has 4 N–H and O–H groups in total. The number of amides is 1. The molecule has 0 saturated carbocycles. The Labute approximate surface area is 87.2 Å². The fourth-order valence-corrected chi connectivity index (χ4v) is 1.05. The number of nitrogens with two attached hydrogens (primary N) is 2. The van der Waals surface area contributed by atoms with Crippen LogP contribution in [0.2, 0.25) is 0 Å². The van der Waals surface area contributed by atoms with Crippen LogP contribution in [0.3, 0.4) is 0 Å². The summed E-state index contributed by atoms with van der Waals surface area (Å²) in [6.07, 6.45) is -3.00. The molecule has 0 fully saturated rings. The molecule has 0 unspecified atom stereocenters. The van der Waals surface area contributed by atoms with Crippen molar-refractivity contribution < 1.29 is 18.5 Å². The van der Waals surface area contributed by atoms with Crippen LogP contribution in [0.25, 0.3) is 0 Å². The SMILES string of the molecule is NC(=O)c1nc(C(F)F)cc(N)c1[N+](=O)[O-]. The van der Waals surface area contributed by atoms with Crippen molar-refractivity contribution in [2.24, 2.45) is 5.73 Å². The summed E-state index contributed by atoms with van der Waals surface area (Å²) in [5.74, 6) is -1.29. The van der Waals surface area contributed by atoms with Crippen LogP contribution in [0.5, 0.6) is 0 Å². The summed E-state index contributed by atoms with van der Waals surface area (Å²) in [5.41, 5.74) is 6.81. The Morgan fingerprint density at radius 1 is 1.56 bits per heavy atom. The third-order valence-electron chi connectivity index (χ3n) is 1.68. The van der Waals surface area contributed by atoms with E-state index >= 15 is 0 Å². The normalized spacial score (nSPS) is 10.4. The molecule has 9 heteroatoms. The molecule has 1 heterocycles. The second kappa shape index (κ2) is 4.04. The summed E-state index contributed by atoms with van der Waals surface area (Å²) in [6.45, 7) is 0. The van der Waals surface area contributed by atoms with E-state index in [1.165, 1.54) is 0 Å². The molecule has 0 bridgehead atoms. The van der Waals surface area contributed by atoms with E-state index in [2.05, 4.69) is 4.98 Å². The minimum Gasteiger partial charge on any atom is -0.393 e. The molecule has 7 nitrogen and oxygen atoms in total. The standard InChI is InChI=1S/C7H6F2N4O3/c8-6(9)3-1-2(10)5(13(15)16)4(12-3)7(11)14/h1,6H,(H2,10,12)(H2,11,14). The number of carbonyl (C=O) groups is 1. The van der Waals surface area contributed by atoms with Crippen LogP contribution in [0.15, 0.2) is 6.07 Å². The number of primary amides is 1. The van der Waals surface area contributed by atoms with Gasteiger partial charge in [0.1, 0.15) is 11.4 Å². The summed E-state index contributed by atoms with van der Waals surface area (Å²) in [6, 6.07) is 0.634. The van der Waals surface area contributed by atoms with E-state index in [1.807, 2.05) is 0 Å². The zero-order valence-electron chi connectivity index (χ0n) is 7.68. The molecule has 1 rings (SSSR count). The summed E-state index contributed by atoms with van der Waals surface area (Å²) < 4.78 is 24.6. The Bertz CT molecular complexity index is 463. The minimum atomic E-state index is -3.00. The number of rotatable bonds is 3. The Kier molecular flexibility index (Phi) is 2.97. The van der Waals surface area contributed by atoms with E-state index in [4.69, 9.17) is 11.5 Å². The minimum absolute atomic E-state index is 0.580. The average molecular weight is 232 g/mol. The first-order valence-corrected chi connectivity index (χ1v) is 3.87. The van der Waals surface area contributed by atoms with E-state index in [-0.39, 0.29) is 0 Å². The number of carbonyl (C=O) groups excluding carboxylic acids is 1. The highest BCUT2D eigenvalue weighted by Crippen LogP contribution is 2.28. The molecule has 1 amide bonds. The first-order chi connectivity index (χ1) is 7.34. The summed E-state index contributed by atoms with van der Waals surface area (Å²) >= 11 is 0. The van der Waals surface area contributed by atoms with Gasteiger partial charge in [-0.2, -0.15) is 0 Å².